The first-order valence-corrected chi connectivity index (χ1v) is 14.9. The van der Waals surface area contributed by atoms with Gasteiger partial charge in [-0.25, -0.2) is 0 Å². The van der Waals surface area contributed by atoms with Gasteiger partial charge in [0.15, 0.2) is 0 Å². The molecule has 0 saturated carbocycles. The van der Waals surface area contributed by atoms with Crippen LogP contribution in [0.3, 0.4) is 0 Å². The summed E-state index contributed by atoms with van der Waals surface area (Å²) in [5, 5.41) is 27.9. The quantitative estimate of drug-likeness (QED) is 0.180. The largest absolute Gasteiger partial charge is 0.388 e. The Balaban J connectivity index is 1.89. The number of carbonyl (C=O) groups is 4. The smallest absolute Gasteiger partial charge is 0.253 e. The van der Waals surface area contributed by atoms with Gasteiger partial charge >= 0.3 is 0 Å². The first-order chi connectivity index (χ1) is 21.0. The van der Waals surface area contributed by atoms with Crippen LogP contribution in [0.4, 0.5) is 0 Å². The van der Waals surface area contributed by atoms with E-state index in [0.29, 0.717) is 18.7 Å². The van der Waals surface area contributed by atoms with Crippen LogP contribution in [-0.4, -0.2) is 76.1 Å². The standard InChI is InChI=1S/C34H42N4O6/c1-4-16-38(17-5-2)34(44)27-20-25(31(35)41)19-26(21-27)33(43)37-28(18-23-12-8-6-9-13-23)30(40)29(39)22(3)36-32(42)24-14-10-7-11-15-24/h6-15,19-22,28-30,39-40H,4-5,16-18H2,1-3H3,(H2,35,41)(H,36,42)(H,37,43)/t22-,28+,29-,30-/m1/s1. The topological polar surface area (TPSA) is 162 Å². The maximum absolute atomic E-state index is 13.6. The van der Waals surface area contributed by atoms with Crippen molar-refractivity contribution in [2.75, 3.05) is 13.1 Å². The molecule has 3 rings (SSSR count). The summed E-state index contributed by atoms with van der Waals surface area (Å²) < 4.78 is 0. The summed E-state index contributed by atoms with van der Waals surface area (Å²) in [6.45, 7) is 6.49. The minimum Gasteiger partial charge on any atom is -0.388 e. The van der Waals surface area contributed by atoms with Crippen molar-refractivity contribution in [1.82, 2.24) is 15.5 Å². The molecule has 0 heterocycles. The van der Waals surface area contributed by atoms with Crippen molar-refractivity contribution < 1.29 is 29.4 Å². The van der Waals surface area contributed by atoms with Crippen molar-refractivity contribution in [2.24, 2.45) is 5.73 Å². The number of benzene rings is 3. The van der Waals surface area contributed by atoms with Crippen LogP contribution in [0, 0.1) is 0 Å². The van der Waals surface area contributed by atoms with Crippen molar-refractivity contribution in [3.63, 3.8) is 0 Å². The zero-order valence-electron chi connectivity index (χ0n) is 25.4. The van der Waals surface area contributed by atoms with E-state index in [4.69, 9.17) is 5.73 Å². The molecule has 0 saturated heterocycles. The summed E-state index contributed by atoms with van der Waals surface area (Å²) in [5.74, 6) is -2.22. The highest BCUT2D eigenvalue weighted by atomic mass is 16.3. The molecule has 0 unspecified atom stereocenters. The molecule has 0 aliphatic heterocycles. The summed E-state index contributed by atoms with van der Waals surface area (Å²) in [7, 11) is 0. The molecule has 6 N–H and O–H groups in total. The lowest BCUT2D eigenvalue weighted by Crippen LogP contribution is -2.55. The summed E-state index contributed by atoms with van der Waals surface area (Å²) in [4.78, 5) is 53.4. The number of amides is 4. The Morgan fingerprint density at radius 2 is 1.25 bits per heavy atom. The van der Waals surface area contributed by atoms with E-state index in [1.54, 1.807) is 42.2 Å². The molecule has 3 aromatic carbocycles. The van der Waals surface area contributed by atoms with Gasteiger partial charge in [0.05, 0.1) is 12.1 Å². The Labute approximate surface area is 258 Å². The van der Waals surface area contributed by atoms with E-state index in [0.717, 1.165) is 18.4 Å². The maximum Gasteiger partial charge on any atom is 0.253 e. The van der Waals surface area contributed by atoms with E-state index in [2.05, 4.69) is 10.6 Å². The van der Waals surface area contributed by atoms with Crippen LogP contribution in [-0.2, 0) is 6.42 Å². The second-order valence-electron chi connectivity index (χ2n) is 10.8. The van der Waals surface area contributed by atoms with E-state index < -0.39 is 42.0 Å². The molecule has 0 aliphatic rings. The molecule has 4 amide bonds. The Morgan fingerprint density at radius 3 is 1.82 bits per heavy atom. The molecule has 10 heteroatoms. The zero-order valence-corrected chi connectivity index (χ0v) is 25.4. The van der Waals surface area contributed by atoms with Crippen LogP contribution in [0.5, 0.6) is 0 Å². The van der Waals surface area contributed by atoms with Gasteiger partial charge in [0, 0.05) is 35.3 Å². The number of nitrogens with zero attached hydrogens (tertiary/aromatic N) is 1. The average Bonchev–Trinajstić information content (AvgIpc) is 3.03. The molecule has 0 fully saturated rings. The predicted octanol–water partition coefficient (Wildman–Crippen LogP) is 2.93. The fourth-order valence-corrected chi connectivity index (χ4v) is 4.94. The Kier molecular flexibility index (Phi) is 12.6. The number of rotatable bonds is 15. The lowest BCUT2D eigenvalue weighted by molar-refractivity contribution is -0.0187. The number of aliphatic hydroxyl groups excluding tert-OH is 2. The minimum atomic E-state index is -1.50. The van der Waals surface area contributed by atoms with Crippen LogP contribution in [0.1, 0.15) is 80.6 Å². The summed E-state index contributed by atoms with van der Waals surface area (Å²) in [5.41, 5.74) is 6.86. The number of hydrogen-bond acceptors (Lipinski definition) is 6. The molecule has 0 radical (unpaired) electrons. The highest BCUT2D eigenvalue weighted by molar-refractivity contribution is 6.04. The van der Waals surface area contributed by atoms with Crippen molar-refractivity contribution in [3.8, 4) is 0 Å². The summed E-state index contributed by atoms with van der Waals surface area (Å²) >= 11 is 0. The lowest BCUT2D eigenvalue weighted by atomic mass is 9.94. The Hall–Kier alpha value is -4.54. The highest BCUT2D eigenvalue weighted by Gasteiger charge is 2.33. The molecule has 3 aromatic rings. The molecule has 44 heavy (non-hydrogen) atoms. The van der Waals surface area contributed by atoms with E-state index in [1.807, 2.05) is 44.2 Å². The molecule has 0 aromatic heterocycles. The normalized spacial score (nSPS) is 13.7. The second kappa shape index (κ2) is 16.3. The van der Waals surface area contributed by atoms with Crippen LogP contribution >= 0.6 is 0 Å². The van der Waals surface area contributed by atoms with Gasteiger partial charge in [-0.2, -0.15) is 0 Å². The highest BCUT2D eigenvalue weighted by Crippen LogP contribution is 2.17. The predicted molar refractivity (Wildman–Crippen MR) is 168 cm³/mol. The van der Waals surface area contributed by atoms with Crippen LogP contribution in [0.15, 0.2) is 78.9 Å². The molecule has 0 aliphatic carbocycles. The van der Waals surface area contributed by atoms with Crippen LogP contribution < -0.4 is 16.4 Å². The van der Waals surface area contributed by atoms with E-state index >= 15 is 0 Å². The molecule has 4 atom stereocenters. The van der Waals surface area contributed by atoms with Gasteiger partial charge in [0.2, 0.25) is 5.91 Å². The molecule has 0 bridgehead atoms. The summed E-state index contributed by atoms with van der Waals surface area (Å²) in [6.07, 6.45) is -1.34. The average molecular weight is 603 g/mol. The fraction of sp³-hybridized carbons (Fsp3) is 0.353. The SMILES string of the molecule is CCCN(CCC)C(=O)c1cc(C(N)=O)cc(C(=O)N[C@@H](Cc2ccccc2)[C@@H](O)[C@H](O)[C@@H](C)NC(=O)c2ccccc2)c1. The van der Waals surface area contributed by atoms with Gasteiger partial charge in [-0.05, 0) is 62.1 Å². The third-order valence-corrected chi connectivity index (χ3v) is 7.29. The number of primary amides is 1. The third kappa shape index (κ3) is 9.23. The molecule has 234 valence electrons. The van der Waals surface area contributed by atoms with Crippen molar-refractivity contribution in [3.05, 3.63) is 107 Å². The van der Waals surface area contributed by atoms with Crippen molar-refractivity contribution in [1.29, 1.82) is 0 Å². The van der Waals surface area contributed by atoms with Gasteiger partial charge in [-0.15, -0.1) is 0 Å². The van der Waals surface area contributed by atoms with Crippen LogP contribution in [0.25, 0.3) is 0 Å². The van der Waals surface area contributed by atoms with Crippen molar-refractivity contribution >= 4 is 23.6 Å². The van der Waals surface area contributed by atoms with Crippen molar-refractivity contribution in [2.45, 2.75) is 64.3 Å². The van der Waals surface area contributed by atoms with E-state index in [-0.39, 0.29) is 29.0 Å². The Bertz CT molecular complexity index is 1410. The Morgan fingerprint density at radius 1 is 0.727 bits per heavy atom. The molecular weight excluding hydrogens is 560 g/mol. The lowest BCUT2D eigenvalue weighted by Gasteiger charge is -2.31. The zero-order chi connectivity index (χ0) is 32.2. The minimum absolute atomic E-state index is 0.00257. The second-order valence-corrected chi connectivity index (χ2v) is 10.8. The number of aliphatic hydroxyl groups is 2. The number of hydrogen-bond donors (Lipinski definition) is 5. The number of nitrogens with two attached hydrogens (primary N) is 1. The monoisotopic (exact) mass is 602 g/mol. The van der Waals surface area contributed by atoms with Gasteiger partial charge < -0.3 is 31.5 Å². The van der Waals surface area contributed by atoms with Gasteiger partial charge in [-0.3, -0.25) is 19.2 Å². The molecule has 0 spiro atoms. The van der Waals surface area contributed by atoms with Gasteiger partial charge in [0.25, 0.3) is 17.7 Å². The van der Waals surface area contributed by atoms with Gasteiger partial charge in [0.1, 0.15) is 12.2 Å². The maximum atomic E-state index is 13.6. The fourth-order valence-electron chi connectivity index (χ4n) is 4.94. The number of carbonyl (C=O) groups excluding carboxylic acids is 4. The van der Waals surface area contributed by atoms with Gasteiger partial charge in [-0.1, -0.05) is 62.4 Å². The molecule has 10 nitrogen and oxygen atoms in total. The third-order valence-electron chi connectivity index (χ3n) is 7.29. The molecular formula is C34H42N4O6. The van der Waals surface area contributed by atoms with E-state index in [1.165, 1.54) is 18.2 Å². The first-order valence-electron chi connectivity index (χ1n) is 14.9. The number of nitrogens with one attached hydrogen (secondary N) is 2. The first kappa shape index (κ1) is 34.0. The van der Waals surface area contributed by atoms with E-state index in [9.17, 15) is 29.4 Å². The van der Waals surface area contributed by atoms with Crippen LogP contribution in [0.2, 0.25) is 0 Å². The summed E-state index contributed by atoms with van der Waals surface area (Å²) in [6, 6.07) is 19.7.